The zero-order valence-electron chi connectivity index (χ0n) is 13.6. The molecule has 3 heteroatoms. The first-order valence-electron chi connectivity index (χ1n) is 7.99. The predicted octanol–water partition coefficient (Wildman–Crippen LogP) is 3.03. The average Bonchev–Trinajstić information content (AvgIpc) is 2.76. The van der Waals surface area contributed by atoms with Crippen molar-refractivity contribution in [1.82, 2.24) is 9.80 Å². The van der Waals surface area contributed by atoms with Gasteiger partial charge in [-0.3, -0.25) is 4.79 Å². The van der Waals surface area contributed by atoms with Crippen LogP contribution in [0.1, 0.15) is 55.1 Å². The molecule has 0 spiro atoms. The van der Waals surface area contributed by atoms with Crippen molar-refractivity contribution in [3.05, 3.63) is 34.9 Å². The fourth-order valence-electron chi connectivity index (χ4n) is 3.39. The summed E-state index contributed by atoms with van der Waals surface area (Å²) >= 11 is 0. The van der Waals surface area contributed by atoms with Gasteiger partial charge in [0.25, 0.3) is 5.91 Å². The number of hydrogen-bond donors (Lipinski definition) is 0. The average molecular weight is 286 g/mol. The van der Waals surface area contributed by atoms with Crippen LogP contribution in [0.3, 0.4) is 0 Å². The second-order valence-corrected chi connectivity index (χ2v) is 7.59. The monoisotopic (exact) mass is 286 g/mol. The van der Waals surface area contributed by atoms with Gasteiger partial charge in [0.2, 0.25) is 0 Å². The molecule has 0 aliphatic carbocycles. The molecule has 0 aromatic heterocycles. The lowest BCUT2D eigenvalue weighted by Crippen LogP contribution is -2.43. The molecule has 0 bridgehead atoms. The molecule has 0 unspecified atom stereocenters. The van der Waals surface area contributed by atoms with Crippen LogP contribution < -0.4 is 0 Å². The summed E-state index contributed by atoms with van der Waals surface area (Å²) in [7, 11) is 2.16. The highest BCUT2D eigenvalue weighted by Gasteiger charge is 2.34. The maximum atomic E-state index is 12.8. The molecule has 2 heterocycles. The smallest absolute Gasteiger partial charge is 0.254 e. The van der Waals surface area contributed by atoms with Gasteiger partial charge in [0.05, 0.1) is 0 Å². The molecule has 1 aromatic rings. The zero-order chi connectivity index (χ0) is 15.2. The molecule has 0 N–H and O–H groups in total. The van der Waals surface area contributed by atoms with Crippen LogP contribution in [0, 0.1) is 0 Å². The van der Waals surface area contributed by atoms with Crippen molar-refractivity contribution in [1.29, 1.82) is 0 Å². The fourth-order valence-corrected chi connectivity index (χ4v) is 3.39. The summed E-state index contributed by atoms with van der Waals surface area (Å²) in [6, 6.07) is 6.87. The van der Waals surface area contributed by atoms with Gasteiger partial charge in [0.1, 0.15) is 0 Å². The van der Waals surface area contributed by atoms with Gasteiger partial charge in [-0.1, -0.05) is 32.9 Å². The maximum Gasteiger partial charge on any atom is 0.254 e. The van der Waals surface area contributed by atoms with E-state index in [0.717, 1.165) is 38.0 Å². The first kappa shape index (κ1) is 14.6. The summed E-state index contributed by atoms with van der Waals surface area (Å²) in [5.74, 6) is 0.241. The summed E-state index contributed by atoms with van der Waals surface area (Å²) in [5, 5.41) is 0. The van der Waals surface area contributed by atoms with E-state index in [-0.39, 0.29) is 11.3 Å². The van der Waals surface area contributed by atoms with Crippen LogP contribution in [0.5, 0.6) is 0 Å². The number of fused-ring (bicyclic) bond motifs is 1. The van der Waals surface area contributed by atoms with Gasteiger partial charge in [-0.05, 0) is 55.6 Å². The number of amides is 1. The van der Waals surface area contributed by atoms with E-state index in [1.165, 1.54) is 11.1 Å². The van der Waals surface area contributed by atoms with E-state index in [4.69, 9.17) is 0 Å². The fraction of sp³-hybridized carbons (Fsp3) is 0.611. The van der Waals surface area contributed by atoms with Crippen molar-refractivity contribution in [2.45, 2.75) is 51.6 Å². The SMILES string of the molecule is CN1CCC(N2Cc3ccc(C(C)(C)C)cc3C2=O)CC1. The molecule has 0 saturated carbocycles. The molecular weight excluding hydrogens is 260 g/mol. The normalized spacial score (nSPS) is 21.0. The van der Waals surface area contributed by atoms with Crippen LogP contribution in [0.25, 0.3) is 0 Å². The van der Waals surface area contributed by atoms with Crippen LogP contribution >= 0.6 is 0 Å². The second-order valence-electron chi connectivity index (χ2n) is 7.59. The molecule has 0 atom stereocenters. The topological polar surface area (TPSA) is 23.6 Å². The Kier molecular flexibility index (Phi) is 3.56. The van der Waals surface area contributed by atoms with E-state index in [2.05, 4.69) is 55.8 Å². The molecule has 1 fully saturated rings. The summed E-state index contributed by atoms with van der Waals surface area (Å²) in [6.07, 6.45) is 2.20. The van der Waals surface area contributed by atoms with Crippen LogP contribution in [0.2, 0.25) is 0 Å². The largest absolute Gasteiger partial charge is 0.331 e. The number of benzene rings is 1. The predicted molar refractivity (Wildman–Crippen MR) is 85.5 cm³/mol. The van der Waals surface area contributed by atoms with Gasteiger partial charge >= 0.3 is 0 Å². The van der Waals surface area contributed by atoms with E-state index in [9.17, 15) is 4.79 Å². The molecular formula is C18H26N2O. The molecule has 2 aliphatic rings. The lowest BCUT2D eigenvalue weighted by molar-refractivity contribution is 0.0617. The van der Waals surface area contributed by atoms with Gasteiger partial charge < -0.3 is 9.80 Å². The Bertz CT molecular complexity index is 551. The zero-order valence-corrected chi connectivity index (χ0v) is 13.6. The molecule has 21 heavy (non-hydrogen) atoms. The highest BCUT2D eigenvalue weighted by Crippen LogP contribution is 2.32. The summed E-state index contributed by atoms with van der Waals surface area (Å²) in [5.41, 5.74) is 3.48. The van der Waals surface area contributed by atoms with Crippen molar-refractivity contribution in [3.8, 4) is 0 Å². The molecule has 3 nitrogen and oxygen atoms in total. The number of rotatable bonds is 1. The Hall–Kier alpha value is -1.35. The minimum Gasteiger partial charge on any atom is -0.331 e. The van der Waals surface area contributed by atoms with Crippen LogP contribution in [0.15, 0.2) is 18.2 Å². The lowest BCUT2D eigenvalue weighted by Gasteiger charge is -2.34. The number of likely N-dealkylation sites (tertiary alicyclic amines) is 1. The highest BCUT2D eigenvalue weighted by molar-refractivity contribution is 5.98. The Labute approximate surface area is 127 Å². The first-order chi connectivity index (χ1) is 9.86. The number of hydrogen-bond acceptors (Lipinski definition) is 2. The van der Waals surface area contributed by atoms with E-state index in [1.807, 2.05) is 0 Å². The minimum absolute atomic E-state index is 0.0935. The Morgan fingerprint density at radius 3 is 2.43 bits per heavy atom. The van der Waals surface area contributed by atoms with E-state index >= 15 is 0 Å². The quantitative estimate of drug-likeness (QED) is 0.792. The maximum absolute atomic E-state index is 12.8. The minimum atomic E-state index is 0.0935. The molecule has 0 radical (unpaired) electrons. The van der Waals surface area contributed by atoms with Crippen molar-refractivity contribution in [2.75, 3.05) is 20.1 Å². The molecule has 2 aliphatic heterocycles. The van der Waals surface area contributed by atoms with Gasteiger partial charge in [-0.2, -0.15) is 0 Å². The number of piperidine rings is 1. The van der Waals surface area contributed by atoms with Crippen molar-refractivity contribution < 1.29 is 4.79 Å². The lowest BCUT2D eigenvalue weighted by atomic mass is 9.85. The Morgan fingerprint density at radius 1 is 1.14 bits per heavy atom. The molecule has 1 amide bonds. The summed E-state index contributed by atoms with van der Waals surface area (Å²) in [4.78, 5) is 17.2. The molecule has 3 rings (SSSR count). The standard InChI is InChI=1S/C18H26N2O/c1-18(2,3)14-6-5-13-12-20(17(21)16(13)11-14)15-7-9-19(4)10-8-15/h5-6,11,15H,7-10,12H2,1-4H3. The molecule has 1 saturated heterocycles. The van der Waals surface area contributed by atoms with Gasteiger partial charge in [-0.25, -0.2) is 0 Å². The van der Waals surface area contributed by atoms with Crippen molar-refractivity contribution in [3.63, 3.8) is 0 Å². The van der Waals surface area contributed by atoms with E-state index < -0.39 is 0 Å². The third kappa shape index (κ3) is 2.71. The van der Waals surface area contributed by atoms with Crippen LogP contribution in [-0.2, 0) is 12.0 Å². The van der Waals surface area contributed by atoms with E-state index in [1.54, 1.807) is 0 Å². The van der Waals surface area contributed by atoms with Crippen molar-refractivity contribution >= 4 is 5.91 Å². The Balaban J connectivity index is 1.82. The molecule has 1 aromatic carbocycles. The number of nitrogens with zero attached hydrogens (tertiary/aromatic N) is 2. The van der Waals surface area contributed by atoms with E-state index in [0.29, 0.717) is 6.04 Å². The molecule has 114 valence electrons. The highest BCUT2D eigenvalue weighted by atomic mass is 16.2. The van der Waals surface area contributed by atoms with Crippen LogP contribution in [0.4, 0.5) is 0 Å². The second kappa shape index (κ2) is 5.13. The van der Waals surface area contributed by atoms with Gasteiger partial charge in [-0.15, -0.1) is 0 Å². The third-order valence-electron chi connectivity index (χ3n) is 4.94. The van der Waals surface area contributed by atoms with Gasteiger partial charge in [0.15, 0.2) is 0 Å². The third-order valence-corrected chi connectivity index (χ3v) is 4.94. The van der Waals surface area contributed by atoms with Gasteiger partial charge in [0, 0.05) is 18.2 Å². The Morgan fingerprint density at radius 2 is 1.81 bits per heavy atom. The number of carbonyl (C=O) groups is 1. The summed E-state index contributed by atoms with van der Waals surface area (Å²) in [6.45, 7) is 9.58. The number of carbonyl (C=O) groups excluding carboxylic acids is 1. The summed E-state index contributed by atoms with van der Waals surface area (Å²) < 4.78 is 0. The van der Waals surface area contributed by atoms with Crippen molar-refractivity contribution in [2.24, 2.45) is 0 Å². The first-order valence-corrected chi connectivity index (χ1v) is 7.99. The van der Waals surface area contributed by atoms with Crippen LogP contribution in [-0.4, -0.2) is 41.9 Å².